The molecule has 8 heteroatoms. The van der Waals surface area contributed by atoms with Crippen LogP contribution in [-0.4, -0.2) is 63.1 Å². The van der Waals surface area contributed by atoms with E-state index in [1.54, 1.807) is 15.9 Å². The van der Waals surface area contributed by atoms with E-state index in [0.29, 0.717) is 31.9 Å². The van der Waals surface area contributed by atoms with Gasteiger partial charge in [-0.1, -0.05) is 0 Å². The van der Waals surface area contributed by atoms with Gasteiger partial charge in [-0.3, -0.25) is 9.59 Å². The van der Waals surface area contributed by atoms with Crippen molar-refractivity contribution in [3.8, 4) is 0 Å². The fourth-order valence-electron chi connectivity index (χ4n) is 3.04. The van der Waals surface area contributed by atoms with Crippen molar-refractivity contribution in [1.82, 2.24) is 19.6 Å². The monoisotopic (exact) mass is 322 g/mol. The van der Waals surface area contributed by atoms with Crippen LogP contribution in [0.5, 0.6) is 0 Å². The van der Waals surface area contributed by atoms with Gasteiger partial charge in [-0.25, -0.2) is 4.68 Å². The first kappa shape index (κ1) is 17.3. The fourth-order valence-corrected chi connectivity index (χ4v) is 3.04. The summed E-state index contributed by atoms with van der Waals surface area (Å²) in [6, 6.07) is 1.04. The van der Waals surface area contributed by atoms with Gasteiger partial charge in [0, 0.05) is 31.7 Å². The Balaban J connectivity index is 2.13. The molecule has 0 unspecified atom stereocenters. The summed E-state index contributed by atoms with van der Waals surface area (Å²) < 4.78 is 1.46. The Morgan fingerprint density at radius 1 is 1.39 bits per heavy atom. The van der Waals surface area contributed by atoms with Gasteiger partial charge in [0.1, 0.15) is 18.4 Å². The summed E-state index contributed by atoms with van der Waals surface area (Å²) in [6.45, 7) is 7.31. The molecule has 1 saturated heterocycles. The molecular weight excluding hydrogens is 296 g/mol. The fraction of sp³-hybridized carbons (Fsp3) is 0.667. The number of hydrogen-bond donors (Lipinski definition) is 2. The van der Waals surface area contributed by atoms with Crippen molar-refractivity contribution in [3.63, 3.8) is 0 Å². The number of carbonyl (C=O) groups excluding carboxylic acids is 2. The number of anilines is 1. The average Bonchev–Trinajstić information content (AvgIpc) is 3.03. The van der Waals surface area contributed by atoms with Gasteiger partial charge >= 0.3 is 0 Å². The van der Waals surface area contributed by atoms with Crippen LogP contribution >= 0.6 is 0 Å². The highest BCUT2D eigenvalue weighted by molar-refractivity contribution is 5.88. The summed E-state index contributed by atoms with van der Waals surface area (Å²) in [4.78, 5) is 28.5. The Labute approximate surface area is 136 Å². The van der Waals surface area contributed by atoms with Crippen molar-refractivity contribution in [1.29, 1.82) is 0 Å². The second kappa shape index (κ2) is 6.99. The molecule has 1 aromatic heterocycles. The lowest BCUT2D eigenvalue weighted by Crippen LogP contribution is -2.48. The molecule has 0 radical (unpaired) electrons. The Morgan fingerprint density at radius 3 is 2.57 bits per heavy atom. The van der Waals surface area contributed by atoms with Crippen LogP contribution in [0, 0.1) is 6.92 Å². The average molecular weight is 322 g/mol. The number of likely N-dealkylation sites (N-methyl/N-ethyl adjacent to an activating group) is 1. The summed E-state index contributed by atoms with van der Waals surface area (Å²) in [7, 11) is 0. The quantitative estimate of drug-likeness (QED) is 0.764. The summed E-state index contributed by atoms with van der Waals surface area (Å²) in [5, 5.41) is 4.20. The molecule has 0 saturated carbocycles. The highest BCUT2D eigenvalue weighted by atomic mass is 16.2. The van der Waals surface area contributed by atoms with Gasteiger partial charge in [-0.15, -0.1) is 0 Å². The van der Waals surface area contributed by atoms with E-state index in [4.69, 9.17) is 11.5 Å². The van der Waals surface area contributed by atoms with Crippen LogP contribution in [0.3, 0.4) is 0 Å². The highest BCUT2D eigenvalue weighted by Crippen LogP contribution is 2.20. The zero-order valence-corrected chi connectivity index (χ0v) is 14.0. The summed E-state index contributed by atoms with van der Waals surface area (Å²) in [5.74, 6) is 0.213. The Kier molecular flexibility index (Phi) is 5.25. The molecule has 2 atom stereocenters. The molecule has 1 aromatic rings. The van der Waals surface area contributed by atoms with Crippen molar-refractivity contribution < 1.29 is 9.59 Å². The topological polar surface area (TPSA) is 110 Å². The lowest BCUT2D eigenvalue weighted by atomic mass is 10.1. The third kappa shape index (κ3) is 3.64. The molecule has 2 rings (SSSR count). The van der Waals surface area contributed by atoms with Crippen LogP contribution in [0.4, 0.5) is 5.82 Å². The summed E-state index contributed by atoms with van der Waals surface area (Å²) in [6.07, 6.45) is 0.495. The molecule has 0 bridgehead atoms. The van der Waals surface area contributed by atoms with Gasteiger partial charge in [-0.2, -0.15) is 5.10 Å². The van der Waals surface area contributed by atoms with E-state index in [0.717, 1.165) is 5.69 Å². The van der Waals surface area contributed by atoms with Crippen LogP contribution in [0.2, 0.25) is 0 Å². The van der Waals surface area contributed by atoms with Crippen molar-refractivity contribution in [2.24, 2.45) is 5.73 Å². The van der Waals surface area contributed by atoms with Gasteiger partial charge in [0.25, 0.3) is 0 Å². The molecule has 1 fully saturated rings. The van der Waals surface area contributed by atoms with E-state index in [9.17, 15) is 9.59 Å². The Bertz CT molecular complexity index is 581. The maximum atomic E-state index is 12.6. The number of aromatic nitrogens is 2. The lowest BCUT2D eigenvalue weighted by molar-refractivity contribution is -0.144. The normalized spacial score (nSPS) is 20.8. The number of nitrogen functional groups attached to an aromatic ring is 1. The van der Waals surface area contributed by atoms with E-state index in [1.807, 2.05) is 20.8 Å². The molecule has 0 aliphatic carbocycles. The number of amides is 2. The van der Waals surface area contributed by atoms with Gasteiger partial charge in [-0.05, 0) is 27.2 Å². The lowest BCUT2D eigenvalue weighted by Gasteiger charge is -2.29. The van der Waals surface area contributed by atoms with Crippen LogP contribution in [0.1, 0.15) is 26.0 Å². The third-order valence-electron chi connectivity index (χ3n) is 4.23. The number of likely N-dealkylation sites (tertiary alicyclic amines) is 1. The minimum absolute atomic E-state index is 0.0222. The molecule has 0 spiro atoms. The highest BCUT2D eigenvalue weighted by Gasteiger charge is 2.39. The van der Waals surface area contributed by atoms with E-state index in [-0.39, 0.29) is 24.4 Å². The molecule has 4 N–H and O–H groups in total. The smallest absolute Gasteiger partial charge is 0.245 e. The second-order valence-corrected chi connectivity index (χ2v) is 5.94. The Hall–Kier alpha value is -2.09. The van der Waals surface area contributed by atoms with Crippen molar-refractivity contribution in [2.75, 3.05) is 25.4 Å². The molecule has 2 heterocycles. The molecule has 1 aliphatic rings. The predicted octanol–water partition coefficient (Wildman–Crippen LogP) is -0.430. The molecule has 128 valence electrons. The predicted molar refractivity (Wildman–Crippen MR) is 87.4 cm³/mol. The first-order chi connectivity index (χ1) is 10.9. The van der Waals surface area contributed by atoms with Crippen LogP contribution in [0.25, 0.3) is 0 Å². The molecule has 2 amide bonds. The molecular formula is C15H26N6O2. The Morgan fingerprint density at radius 2 is 2.04 bits per heavy atom. The van der Waals surface area contributed by atoms with Crippen LogP contribution in [0.15, 0.2) is 6.07 Å². The van der Waals surface area contributed by atoms with Gasteiger partial charge < -0.3 is 21.3 Å². The number of carbonyl (C=O) groups is 2. The van der Waals surface area contributed by atoms with Crippen molar-refractivity contribution in [3.05, 3.63) is 11.8 Å². The molecule has 8 nitrogen and oxygen atoms in total. The second-order valence-electron chi connectivity index (χ2n) is 5.94. The maximum Gasteiger partial charge on any atom is 0.245 e. The molecule has 0 aromatic carbocycles. The van der Waals surface area contributed by atoms with Gasteiger partial charge in [0.15, 0.2) is 0 Å². The summed E-state index contributed by atoms with van der Waals surface area (Å²) in [5.41, 5.74) is 12.6. The zero-order valence-electron chi connectivity index (χ0n) is 14.0. The minimum atomic E-state index is -0.490. The van der Waals surface area contributed by atoms with Crippen LogP contribution < -0.4 is 11.5 Å². The van der Waals surface area contributed by atoms with E-state index in [2.05, 4.69) is 5.10 Å². The van der Waals surface area contributed by atoms with Crippen LogP contribution in [-0.2, 0) is 16.1 Å². The zero-order chi connectivity index (χ0) is 17.1. The number of rotatable bonds is 5. The van der Waals surface area contributed by atoms with E-state index >= 15 is 0 Å². The van der Waals surface area contributed by atoms with Crippen molar-refractivity contribution >= 4 is 17.6 Å². The standard InChI is InChI=1S/C15H26N6O2/c1-4-19(5-2)15(23)12-7-11(16)8-20(12)14(22)9-21-13(17)6-10(3)18-21/h6,11-12H,4-5,7-9,16-17H2,1-3H3/t11-,12-/m0/s1. The molecule has 23 heavy (non-hydrogen) atoms. The first-order valence-electron chi connectivity index (χ1n) is 8.01. The largest absolute Gasteiger partial charge is 0.384 e. The minimum Gasteiger partial charge on any atom is -0.384 e. The number of nitrogens with two attached hydrogens (primary N) is 2. The van der Waals surface area contributed by atoms with Crippen molar-refractivity contribution in [2.45, 2.75) is 45.8 Å². The van der Waals surface area contributed by atoms with Gasteiger partial charge in [0.2, 0.25) is 11.8 Å². The number of hydrogen-bond acceptors (Lipinski definition) is 5. The van der Waals surface area contributed by atoms with Gasteiger partial charge in [0.05, 0.1) is 5.69 Å². The number of nitrogens with zero attached hydrogens (tertiary/aromatic N) is 4. The summed E-state index contributed by atoms with van der Waals surface area (Å²) >= 11 is 0. The number of aryl methyl sites for hydroxylation is 1. The third-order valence-corrected chi connectivity index (χ3v) is 4.23. The SMILES string of the molecule is CCN(CC)C(=O)[C@@H]1C[C@H](N)CN1C(=O)Cn1nc(C)cc1N. The molecule has 1 aliphatic heterocycles. The maximum absolute atomic E-state index is 12.6. The van der Waals surface area contributed by atoms with E-state index < -0.39 is 6.04 Å². The van der Waals surface area contributed by atoms with E-state index in [1.165, 1.54) is 4.68 Å². The first-order valence-corrected chi connectivity index (χ1v) is 8.01.